The lowest BCUT2D eigenvalue weighted by Crippen LogP contribution is -2.24. The molecule has 0 atom stereocenters. The molecule has 0 unspecified atom stereocenters. The molecule has 1 aliphatic rings. The van der Waals surface area contributed by atoms with Crippen molar-refractivity contribution in [3.8, 4) is 29.1 Å². The third-order valence-electron chi connectivity index (χ3n) is 3.60. The van der Waals surface area contributed by atoms with Crippen LogP contribution >= 0.6 is 0 Å². The number of hydrogen-bond acceptors (Lipinski definition) is 5. The number of ether oxygens (including phenoxy) is 3. The van der Waals surface area contributed by atoms with Gasteiger partial charge in [-0.15, -0.1) is 0 Å². The van der Waals surface area contributed by atoms with Crippen molar-refractivity contribution in [2.45, 2.75) is 11.1 Å². The summed E-state index contributed by atoms with van der Waals surface area (Å²) in [5.74, 6) is 6.82. The van der Waals surface area contributed by atoms with Gasteiger partial charge in [0.2, 0.25) is 16.8 Å². The lowest BCUT2D eigenvalue weighted by Gasteiger charge is -2.09. The minimum absolute atomic E-state index is 0.00900. The molecule has 0 radical (unpaired) electrons. The largest absolute Gasteiger partial charge is 0.481 e. The fourth-order valence-corrected chi connectivity index (χ4v) is 3.22. The number of halogens is 3. The van der Waals surface area contributed by atoms with Crippen LogP contribution in [0.15, 0.2) is 47.4 Å². The summed E-state index contributed by atoms with van der Waals surface area (Å²) < 4.78 is 80.1. The van der Waals surface area contributed by atoms with Crippen molar-refractivity contribution in [2.75, 3.05) is 19.9 Å². The minimum Gasteiger partial charge on any atom is -0.481 e. The Kier molecular flexibility index (Phi) is 5.67. The van der Waals surface area contributed by atoms with Gasteiger partial charge in [0.1, 0.15) is 12.4 Å². The Bertz CT molecular complexity index is 1030. The highest BCUT2D eigenvalue weighted by Gasteiger charge is 2.31. The van der Waals surface area contributed by atoms with E-state index < -0.39 is 26.7 Å². The Labute approximate surface area is 159 Å². The van der Waals surface area contributed by atoms with Gasteiger partial charge in [-0.05, 0) is 30.3 Å². The third kappa shape index (κ3) is 4.88. The summed E-state index contributed by atoms with van der Waals surface area (Å²) in [6.45, 7) is -0.140. The monoisotopic (exact) mass is 413 g/mol. The van der Waals surface area contributed by atoms with E-state index in [1.807, 2.05) is 0 Å². The van der Waals surface area contributed by atoms with Crippen LogP contribution in [0.4, 0.5) is 13.2 Å². The van der Waals surface area contributed by atoms with Gasteiger partial charge in [0.05, 0.1) is 17.0 Å². The van der Waals surface area contributed by atoms with Crippen LogP contribution in [-0.2, 0) is 16.2 Å². The maximum absolute atomic E-state index is 12.7. The van der Waals surface area contributed by atoms with Gasteiger partial charge in [-0.25, -0.2) is 8.42 Å². The highest BCUT2D eigenvalue weighted by molar-refractivity contribution is 7.89. The second-order valence-electron chi connectivity index (χ2n) is 5.51. The van der Waals surface area contributed by atoms with Crippen LogP contribution in [-0.4, -0.2) is 28.4 Å². The first-order valence-corrected chi connectivity index (χ1v) is 9.39. The van der Waals surface area contributed by atoms with Gasteiger partial charge >= 0.3 is 6.18 Å². The van der Waals surface area contributed by atoms with E-state index in [9.17, 15) is 21.6 Å². The zero-order valence-electron chi connectivity index (χ0n) is 14.2. The predicted octanol–water partition coefficient (Wildman–Crippen LogP) is 2.79. The fraction of sp³-hybridized carbons (Fsp3) is 0.222. The molecule has 0 amide bonds. The second-order valence-corrected chi connectivity index (χ2v) is 7.27. The maximum atomic E-state index is 12.7. The Morgan fingerprint density at radius 1 is 1.07 bits per heavy atom. The summed E-state index contributed by atoms with van der Waals surface area (Å²) >= 11 is 0. The first kappa shape index (κ1) is 19.9. The number of fused-ring (bicyclic) bond motifs is 1. The summed E-state index contributed by atoms with van der Waals surface area (Å²) in [5, 5.41) is 0. The van der Waals surface area contributed by atoms with Gasteiger partial charge in [-0.1, -0.05) is 17.9 Å². The number of hydrogen-bond donors (Lipinski definition) is 1. The normalized spacial score (nSPS) is 13.0. The van der Waals surface area contributed by atoms with Crippen LogP contribution in [0.2, 0.25) is 0 Å². The Morgan fingerprint density at radius 2 is 1.86 bits per heavy atom. The van der Waals surface area contributed by atoms with Crippen molar-refractivity contribution in [1.29, 1.82) is 0 Å². The van der Waals surface area contributed by atoms with E-state index >= 15 is 0 Å². The smallest absolute Gasteiger partial charge is 0.416 e. The van der Waals surface area contributed by atoms with Crippen LogP contribution in [0.1, 0.15) is 5.56 Å². The van der Waals surface area contributed by atoms with Gasteiger partial charge in [0, 0.05) is 6.07 Å². The summed E-state index contributed by atoms with van der Waals surface area (Å²) in [4.78, 5) is -0.485. The molecule has 3 rings (SSSR count). The molecule has 10 heteroatoms. The molecule has 1 N–H and O–H groups in total. The third-order valence-corrected chi connectivity index (χ3v) is 5.00. The van der Waals surface area contributed by atoms with E-state index in [-0.39, 0.29) is 19.9 Å². The molecule has 148 valence electrons. The zero-order valence-corrected chi connectivity index (χ0v) is 15.1. The lowest BCUT2D eigenvalue weighted by atomic mass is 10.2. The van der Waals surface area contributed by atoms with Crippen molar-refractivity contribution in [2.24, 2.45) is 0 Å². The van der Waals surface area contributed by atoms with Crippen molar-refractivity contribution < 1.29 is 35.8 Å². The van der Waals surface area contributed by atoms with Crippen LogP contribution in [0.3, 0.4) is 0 Å². The summed E-state index contributed by atoms with van der Waals surface area (Å²) in [5.41, 5.74) is -1.04. The van der Waals surface area contributed by atoms with Gasteiger partial charge in [0.15, 0.2) is 11.5 Å². The maximum Gasteiger partial charge on any atom is 0.416 e. The highest BCUT2D eigenvalue weighted by Crippen LogP contribution is 2.35. The number of nitrogens with one attached hydrogen (secondary N) is 1. The summed E-state index contributed by atoms with van der Waals surface area (Å²) in [7, 11) is -4.11. The van der Waals surface area contributed by atoms with Crippen LogP contribution in [0.5, 0.6) is 17.2 Å². The molecule has 2 aromatic rings. The number of alkyl halides is 3. The molecule has 0 spiro atoms. The first-order valence-electron chi connectivity index (χ1n) is 7.91. The van der Waals surface area contributed by atoms with E-state index in [1.165, 1.54) is 0 Å². The van der Waals surface area contributed by atoms with E-state index in [0.717, 1.165) is 18.2 Å². The standard InChI is InChI=1S/C18H14F3NO5S/c19-18(20,21)13-4-3-5-15(10-13)28(23,24)22-8-1-2-9-25-14-6-7-16-17(11-14)27-12-26-16/h3-7,10-11,22H,8-9,12H2. The average molecular weight is 413 g/mol. The molecule has 0 fully saturated rings. The summed E-state index contributed by atoms with van der Waals surface area (Å²) in [6, 6.07) is 8.47. The molecule has 2 aromatic carbocycles. The summed E-state index contributed by atoms with van der Waals surface area (Å²) in [6.07, 6.45) is -4.63. The SMILES string of the molecule is O=S(=O)(NCC#CCOc1ccc2c(c1)OCO2)c1cccc(C(F)(F)F)c1. The van der Waals surface area contributed by atoms with Crippen LogP contribution < -0.4 is 18.9 Å². The first-order chi connectivity index (χ1) is 13.3. The Balaban J connectivity index is 1.52. The van der Waals surface area contributed by atoms with E-state index in [4.69, 9.17) is 14.2 Å². The van der Waals surface area contributed by atoms with E-state index in [2.05, 4.69) is 16.6 Å². The molecule has 0 bridgehead atoms. The zero-order chi connectivity index (χ0) is 20.2. The van der Waals surface area contributed by atoms with Crippen molar-refractivity contribution in [3.05, 3.63) is 48.0 Å². The second kappa shape index (κ2) is 8.00. The lowest BCUT2D eigenvalue weighted by molar-refractivity contribution is -0.137. The molecule has 0 saturated heterocycles. The molecule has 0 aliphatic carbocycles. The van der Waals surface area contributed by atoms with Crippen molar-refractivity contribution >= 4 is 10.0 Å². The van der Waals surface area contributed by atoms with Gasteiger partial charge < -0.3 is 14.2 Å². The molecule has 1 heterocycles. The molecular weight excluding hydrogens is 399 g/mol. The molecule has 1 aliphatic heterocycles. The molecule has 0 saturated carbocycles. The van der Waals surface area contributed by atoms with E-state index in [1.54, 1.807) is 18.2 Å². The average Bonchev–Trinajstić information content (AvgIpc) is 3.12. The molecule has 6 nitrogen and oxygen atoms in total. The van der Waals surface area contributed by atoms with Crippen LogP contribution in [0.25, 0.3) is 0 Å². The Morgan fingerprint density at radius 3 is 2.64 bits per heavy atom. The fourth-order valence-electron chi connectivity index (χ4n) is 2.25. The Hall–Kier alpha value is -2.90. The van der Waals surface area contributed by atoms with Crippen LogP contribution in [0, 0.1) is 11.8 Å². The van der Waals surface area contributed by atoms with E-state index in [0.29, 0.717) is 23.3 Å². The minimum atomic E-state index is -4.63. The van der Waals surface area contributed by atoms with Crippen molar-refractivity contribution in [1.82, 2.24) is 4.72 Å². The van der Waals surface area contributed by atoms with Gasteiger partial charge in [-0.3, -0.25) is 0 Å². The highest BCUT2D eigenvalue weighted by atomic mass is 32.2. The number of rotatable bonds is 5. The van der Waals surface area contributed by atoms with Gasteiger partial charge in [-0.2, -0.15) is 17.9 Å². The molecule has 0 aromatic heterocycles. The molecular formula is C18H14F3NO5S. The molecule has 28 heavy (non-hydrogen) atoms. The predicted molar refractivity (Wildman–Crippen MR) is 92.5 cm³/mol. The quantitative estimate of drug-likeness (QED) is 0.764. The van der Waals surface area contributed by atoms with Gasteiger partial charge in [0.25, 0.3) is 0 Å². The number of benzene rings is 2. The number of sulfonamides is 1. The topological polar surface area (TPSA) is 73.9 Å². The van der Waals surface area contributed by atoms with Crippen molar-refractivity contribution in [3.63, 3.8) is 0 Å².